The van der Waals surface area contributed by atoms with E-state index in [1.807, 2.05) is 30.5 Å². The number of thiophene rings is 1. The summed E-state index contributed by atoms with van der Waals surface area (Å²) < 4.78 is 0. The number of aliphatic imine (C=N–C) groups is 1. The van der Waals surface area contributed by atoms with E-state index in [4.69, 9.17) is 0 Å². The lowest BCUT2D eigenvalue weighted by atomic mass is 10.2. The Morgan fingerprint density at radius 1 is 1.23 bits per heavy atom. The van der Waals surface area contributed by atoms with Crippen molar-refractivity contribution in [2.45, 2.75) is 20.3 Å². The van der Waals surface area contributed by atoms with E-state index in [9.17, 15) is 4.79 Å². The van der Waals surface area contributed by atoms with Crippen molar-refractivity contribution >= 4 is 45.9 Å². The van der Waals surface area contributed by atoms with Gasteiger partial charge in [-0.1, -0.05) is 19.1 Å². The molecular weight excluding hydrogens is 312 g/mol. The van der Waals surface area contributed by atoms with Crippen LogP contribution in [0, 0.1) is 6.92 Å². The van der Waals surface area contributed by atoms with Crippen LogP contribution in [0.25, 0.3) is 6.08 Å². The number of hydrogen-bond acceptors (Lipinski definition) is 4. The minimum Gasteiger partial charge on any atom is -0.300 e. The van der Waals surface area contributed by atoms with Crippen molar-refractivity contribution in [3.8, 4) is 0 Å². The number of carbonyl (C=O) groups excluding carboxylic acids is 1. The van der Waals surface area contributed by atoms with E-state index in [0.717, 1.165) is 17.0 Å². The summed E-state index contributed by atoms with van der Waals surface area (Å²) in [6.45, 7) is 4.17. The van der Waals surface area contributed by atoms with Gasteiger partial charge in [0.25, 0.3) is 5.91 Å². The highest BCUT2D eigenvalue weighted by Crippen LogP contribution is 2.30. The first kappa shape index (κ1) is 15.1. The molecule has 1 aromatic heterocycles. The SMILES string of the molecule is CCc1ccc(N=C2NC(=O)/C(=C/c3sccc3C)S2)cc1. The second kappa shape index (κ2) is 6.50. The van der Waals surface area contributed by atoms with Gasteiger partial charge in [0.05, 0.1) is 10.6 Å². The molecule has 1 aliphatic rings. The summed E-state index contributed by atoms with van der Waals surface area (Å²) in [5, 5.41) is 5.49. The minimum absolute atomic E-state index is 0.0817. The molecule has 1 N–H and O–H groups in total. The number of nitrogens with zero attached hydrogens (tertiary/aromatic N) is 1. The van der Waals surface area contributed by atoms with Crippen molar-refractivity contribution in [2.75, 3.05) is 0 Å². The summed E-state index contributed by atoms with van der Waals surface area (Å²) in [6, 6.07) is 10.1. The van der Waals surface area contributed by atoms with Crippen LogP contribution in [-0.4, -0.2) is 11.1 Å². The monoisotopic (exact) mass is 328 g/mol. The van der Waals surface area contributed by atoms with Gasteiger partial charge in [0.15, 0.2) is 5.17 Å². The van der Waals surface area contributed by atoms with Gasteiger partial charge in [-0.05, 0) is 65.9 Å². The Hall–Kier alpha value is -1.85. The molecule has 3 nitrogen and oxygen atoms in total. The molecule has 0 radical (unpaired) electrons. The van der Waals surface area contributed by atoms with E-state index >= 15 is 0 Å². The fourth-order valence-electron chi connectivity index (χ4n) is 2.06. The normalized spacial score (nSPS) is 18.2. The number of aryl methyl sites for hydroxylation is 2. The fraction of sp³-hybridized carbons (Fsp3) is 0.176. The zero-order valence-electron chi connectivity index (χ0n) is 12.4. The molecule has 112 valence electrons. The van der Waals surface area contributed by atoms with Gasteiger partial charge in [-0.2, -0.15) is 0 Å². The average molecular weight is 328 g/mol. The molecule has 1 fully saturated rings. The molecule has 0 spiro atoms. The highest BCUT2D eigenvalue weighted by Gasteiger charge is 2.24. The van der Waals surface area contributed by atoms with Gasteiger partial charge in [0.2, 0.25) is 0 Å². The van der Waals surface area contributed by atoms with Crippen LogP contribution in [-0.2, 0) is 11.2 Å². The number of hydrogen-bond donors (Lipinski definition) is 1. The second-order valence-electron chi connectivity index (χ2n) is 4.97. The first-order chi connectivity index (χ1) is 10.7. The lowest BCUT2D eigenvalue weighted by molar-refractivity contribution is -0.115. The number of thioether (sulfide) groups is 1. The summed E-state index contributed by atoms with van der Waals surface area (Å²) >= 11 is 3.03. The quantitative estimate of drug-likeness (QED) is 0.842. The Morgan fingerprint density at radius 3 is 2.64 bits per heavy atom. The molecule has 0 bridgehead atoms. The smallest absolute Gasteiger partial charge is 0.264 e. The van der Waals surface area contributed by atoms with Crippen molar-refractivity contribution in [3.63, 3.8) is 0 Å². The van der Waals surface area contributed by atoms with Gasteiger partial charge in [-0.25, -0.2) is 4.99 Å². The van der Waals surface area contributed by atoms with Crippen molar-refractivity contribution < 1.29 is 4.79 Å². The molecule has 0 unspecified atom stereocenters. The van der Waals surface area contributed by atoms with E-state index in [-0.39, 0.29) is 5.91 Å². The van der Waals surface area contributed by atoms with Crippen LogP contribution in [0.15, 0.2) is 45.6 Å². The highest BCUT2D eigenvalue weighted by atomic mass is 32.2. The molecule has 0 aliphatic carbocycles. The lowest BCUT2D eigenvalue weighted by Gasteiger charge is -1.98. The van der Waals surface area contributed by atoms with E-state index in [1.54, 1.807) is 11.3 Å². The highest BCUT2D eigenvalue weighted by molar-refractivity contribution is 8.18. The Kier molecular flexibility index (Phi) is 4.45. The summed E-state index contributed by atoms with van der Waals surface area (Å²) in [7, 11) is 0. The van der Waals surface area contributed by atoms with Crippen LogP contribution in [0.4, 0.5) is 5.69 Å². The maximum absolute atomic E-state index is 12.0. The lowest BCUT2D eigenvalue weighted by Crippen LogP contribution is -2.19. The summed E-state index contributed by atoms with van der Waals surface area (Å²) in [5.41, 5.74) is 3.32. The maximum Gasteiger partial charge on any atom is 0.264 e. The van der Waals surface area contributed by atoms with Crippen LogP contribution < -0.4 is 5.32 Å². The molecule has 1 aliphatic heterocycles. The van der Waals surface area contributed by atoms with Crippen LogP contribution in [0.3, 0.4) is 0 Å². The summed E-state index contributed by atoms with van der Waals surface area (Å²) in [6.07, 6.45) is 2.94. The zero-order chi connectivity index (χ0) is 15.5. The van der Waals surface area contributed by atoms with E-state index in [0.29, 0.717) is 10.1 Å². The van der Waals surface area contributed by atoms with E-state index in [1.165, 1.54) is 22.9 Å². The Balaban J connectivity index is 1.80. The Bertz CT molecular complexity index is 757. The predicted octanol–water partition coefficient (Wildman–Crippen LogP) is 4.51. The van der Waals surface area contributed by atoms with E-state index in [2.05, 4.69) is 35.4 Å². The standard InChI is InChI=1S/C17H16N2OS2/c1-3-12-4-6-13(7-5-12)18-17-19-16(20)15(22-17)10-14-11(2)8-9-21-14/h4-10H,3H2,1-2H3,(H,18,19,20)/b15-10-. The number of rotatable bonds is 3. The van der Waals surface area contributed by atoms with Gasteiger partial charge in [0.1, 0.15) is 0 Å². The molecular formula is C17H16N2OS2. The van der Waals surface area contributed by atoms with Gasteiger partial charge in [-0.3, -0.25) is 4.79 Å². The number of amides is 1. The molecule has 1 amide bonds. The van der Waals surface area contributed by atoms with Gasteiger partial charge in [-0.15, -0.1) is 11.3 Å². The first-order valence-electron chi connectivity index (χ1n) is 7.08. The Morgan fingerprint density at radius 2 is 2.00 bits per heavy atom. The predicted molar refractivity (Wildman–Crippen MR) is 95.7 cm³/mol. The van der Waals surface area contributed by atoms with Gasteiger partial charge in [0, 0.05) is 4.88 Å². The molecule has 2 aromatic rings. The van der Waals surface area contributed by atoms with E-state index < -0.39 is 0 Å². The second-order valence-corrected chi connectivity index (χ2v) is 6.95. The minimum atomic E-state index is -0.0817. The first-order valence-corrected chi connectivity index (χ1v) is 8.78. The molecule has 1 aromatic carbocycles. The molecule has 5 heteroatoms. The van der Waals surface area contributed by atoms with Crippen LogP contribution in [0.1, 0.15) is 22.9 Å². The molecule has 0 saturated carbocycles. The molecule has 0 atom stereocenters. The number of amidine groups is 1. The van der Waals surface area contributed by atoms with Crippen LogP contribution >= 0.6 is 23.1 Å². The fourth-order valence-corrected chi connectivity index (χ4v) is 3.81. The summed E-state index contributed by atoms with van der Waals surface area (Å²) in [4.78, 5) is 18.3. The summed E-state index contributed by atoms with van der Waals surface area (Å²) in [5.74, 6) is -0.0817. The van der Waals surface area contributed by atoms with Gasteiger partial charge >= 0.3 is 0 Å². The number of carbonyl (C=O) groups is 1. The van der Waals surface area contributed by atoms with Gasteiger partial charge < -0.3 is 5.32 Å². The van der Waals surface area contributed by atoms with Crippen molar-refractivity contribution in [1.82, 2.24) is 5.32 Å². The third-order valence-corrected chi connectivity index (χ3v) is 5.27. The topological polar surface area (TPSA) is 41.5 Å². The van der Waals surface area contributed by atoms with Crippen LogP contribution in [0.5, 0.6) is 0 Å². The largest absolute Gasteiger partial charge is 0.300 e. The molecule has 22 heavy (non-hydrogen) atoms. The molecule has 2 heterocycles. The third kappa shape index (κ3) is 3.31. The van der Waals surface area contributed by atoms with Crippen molar-refractivity contribution in [3.05, 3.63) is 56.6 Å². The number of nitrogens with one attached hydrogen (secondary N) is 1. The van der Waals surface area contributed by atoms with Crippen molar-refractivity contribution in [1.29, 1.82) is 0 Å². The van der Waals surface area contributed by atoms with Crippen molar-refractivity contribution in [2.24, 2.45) is 4.99 Å². The third-order valence-electron chi connectivity index (χ3n) is 3.39. The molecule has 3 rings (SSSR count). The maximum atomic E-state index is 12.0. The number of benzene rings is 1. The zero-order valence-corrected chi connectivity index (χ0v) is 14.1. The Labute approximate surface area is 138 Å². The average Bonchev–Trinajstić information content (AvgIpc) is 3.07. The van der Waals surface area contributed by atoms with Crippen LogP contribution in [0.2, 0.25) is 0 Å². The molecule has 1 saturated heterocycles.